The Hall–Kier alpha value is -1.30. The van der Waals surface area contributed by atoms with Crippen LogP contribution in [0, 0.1) is 0 Å². The lowest BCUT2D eigenvalue weighted by molar-refractivity contribution is 0.162. The number of hydrogen-bond acceptors (Lipinski definition) is 5. The second kappa shape index (κ2) is 7.64. The van der Waals surface area contributed by atoms with Crippen LogP contribution in [0.15, 0.2) is 18.2 Å². The van der Waals surface area contributed by atoms with Crippen molar-refractivity contribution < 1.29 is 14.6 Å². The van der Waals surface area contributed by atoms with E-state index in [9.17, 15) is 5.11 Å². The maximum atomic E-state index is 10.2. The third kappa shape index (κ3) is 4.59. The van der Waals surface area contributed by atoms with Gasteiger partial charge in [-0.1, -0.05) is 6.07 Å². The number of aliphatic hydroxyl groups excluding tert-OH is 1. The molecule has 0 saturated heterocycles. The van der Waals surface area contributed by atoms with Crippen LogP contribution in [0.4, 0.5) is 0 Å². The minimum atomic E-state index is -0.537. The Bertz CT molecular complexity index is 451. The van der Waals surface area contributed by atoms with Crippen molar-refractivity contribution in [2.24, 2.45) is 0 Å². The molecule has 0 spiro atoms. The van der Waals surface area contributed by atoms with Gasteiger partial charge in [-0.2, -0.15) is 0 Å². The molecule has 1 aromatic rings. The van der Waals surface area contributed by atoms with E-state index < -0.39 is 6.10 Å². The van der Waals surface area contributed by atoms with Gasteiger partial charge < -0.3 is 24.8 Å². The van der Waals surface area contributed by atoms with Crippen molar-refractivity contribution in [3.63, 3.8) is 0 Å². The minimum Gasteiger partial charge on any atom is -0.486 e. The Balaban J connectivity index is 1.79. The van der Waals surface area contributed by atoms with Gasteiger partial charge in [0, 0.05) is 25.7 Å². The predicted molar refractivity (Wildman–Crippen MR) is 83.0 cm³/mol. The second-order valence-electron chi connectivity index (χ2n) is 5.70. The number of aliphatic hydroxyl groups is 1. The average molecular weight is 294 g/mol. The van der Waals surface area contributed by atoms with Crippen LogP contribution >= 0.6 is 0 Å². The zero-order valence-corrected chi connectivity index (χ0v) is 13.1. The molecule has 0 aromatic heterocycles. The maximum Gasteiger partial charge on any atom is 0.161 e. The molecule has 2 N–H and O–H groups in total. The van der Waals surface area contributed by atoms with Gasteiger partial charge in [0.05, 0.1) is 6.10 Å². The molecule has 0 amide bonds. The summed E-state index contributed by atoms with van der Waals surface area (Å²) in [5, 5.41) is 13.5. The number of benzene rings is 1. The highest BCUT2D eigenvalue weighted by Gasteiger charge is 2.15. The fourth-order valence-electron chi connectivity index (χ4n) is 2.14. The lowest BCUT2D eigenvalue weighted by atomic mass is 10.1. The lowest BCUT2D eigenvalue weighted by Gasteiger charge is -2.22. The molecule has 21 heavy (non-hydrogen) atoms. The molecule has 1 aromatic carbocycles. The van der Waals surface area contributed by atoms with Crippen LogP contribution in [-0.4, -0.2) is 55.9 Å². The fourth-order valence-corrected chi connectivity index (χ4v) is 2.14. The summed E-state index contributed by atoms with van der Waals surface area (Å²) in [6, 6.07) is 6.15. The van der Waals surface area contributed by atoms with E-state index in [-0.39, 0.29) is 0 Å². The first kappa shape index (κ1) is 16.1. The molecule has 1 atom stereocenters. The first-order valence-electron chi connectivity index (χ1n) is 7.56. The fraction of sp³-hybridized carbons (Fsp3) is 0.625. The van der Waals surface area contributed by atoms with Crippen LogP contribution in [0.5, 0.6) is 11.5 Å². The van der Waals surface area contributed by atoms with Gasteiger partial charge in [-0.15, -0.1) is 0 Å². The molecule has 1 aliphatic heterocycles. The van der Waals surface area contributed by atoms with Gasteiger partial charge in [0.25, 0.3) is 0 Å². The summed E-state index contributed by atoms with van der Waals surface area (Å²) >= 11 is 0. The van der Waals surface area contributed by atoms with E-state index in [1.165, 1.54) is 0 Å². The van der Waals surface area contributed by atoms with Crippen LogP contribution in [0.2, 0.25) is 0 Å². The molecule has 5 nitrogen and oxygen atoms in total. The summed E-state index contributed by atoms with van der Waals surface area (Å²) in [5.74, 6) is 1.47. The highest BCUT2D eigenvalue weighted by atomic mass is 16.6. The van der Waals surface area contributed by atoms with E-state index in [2.05, 4.69) is 31.1 Å². The van der Waals surface area contributed by atoms with E-state index >= 15 is 0 Å². The van der Waals surface area contributed by atoms with Crippen molar-refractivity contribution in [1.82, 2.24) is 10.2 Å². The number of likely N-dealkylation sites (N-methyl/N-ethyl adjacent to an activating group) is 1. The monoisotopic (exact) mass is 294 g/mol. The summed E-state index contributed by atoms with van der Waals surface area (Å²) in [4.78, 5) is 2.27. The smallest absolute Gasteiger partial charge is 0.161 e. The molecule has 0 radical (unpaired) electrons. The van der Waals surface area contributed by atoms with E-state index in [0.717, 1.165) is 30.2 Å². The first-order valence-corrected chi connectivity index (χ1v) is 7.56. The lowest BCUT2D eigenvalue weighted by Crippen LogP contribution is -2.35. The maximum absolute atomic E-state index is 10.2. The molecule has 0 aliphatic carbocycles. The Morgan fingerprint density at radius 2 is 1.95 bits per heavy atom. The molecule has 2 rings (SSSR count). The minimum absolute atomic E-state index is 0.533. The first-order chi connectivity index (χ1) is 10.1. The van der Waals surface area contributed by atoms with Crippen molar-refractivity contribution in [3.05, 3.63) is 23.8 Å². The van der Waals surface area contributed by atoms with E-state index in [1.807, 2.05) is 18.2 Å². The number of rotatable bonds is 7. The van der Waals surface area contributed by atoms with E-state index in [0.29, 0.717) is 25.8 Å². The molecular weight excluding hydrogens is 268 g/mol. The number of fused-ring (bicyclic) bond motifs is 1. The zero-order chi connectivity index (χ0) is 15.2. The van der Waals surface area contributed by atoms with E-state index in [4.69, 9.17) is 9.47 Å². The van der Waals surface area contributed by atoms with Crippen LogP contribution < -0.4 is 14.8 Å². The number of nitrogens with one attached hydrogen (secondary N) is 1. The largest absolute Gasteiger partial charge is 0.486 e. The third-order valence-electron chi connectivity index (χ3n) is 3.81. The van der Waals surface area contributed by atoms with Crippen molar-refractivity contribution in [1.29, 1.82) is 0 Å². The van der Waals surface area contributed by atoms with Crippen LogP contribution in [0.3, 0.4) is 0 Å². The standard InChI is InChI=1S/C16H26N2O3/c1-12(2)18(3)7-6-17-11-14(19)13-4-5-15-16(10-13)21-9-8-20-15/h4-5,10,12,14,17,19H,6-9,11H2,1-3H3. The summed E-state index contributed by atoms with van der Waals surface area (Å²) in [5.41, 5.74) is 0.851. The summed E-state index contributed by atoms with van der Waals surface area (Å²) in [7, 11) is 2.10. The topological polar surface area (TPSA) is 54.0 Å². The molecule has 1 aliphatic rings. The SMILES string of the molecule is CC(C)N(C)CCNCC(O)c1ccc2c(c1)OCCO2. The third-order valence-corrected chi connectivity index (χ3v) is 3.81. The molecule has 5 heteroatoms. The van der Waals surface area contributed by atoms with Crippen molar-refractivity contribution >= 4 is 0 Å². The van der Waals surface area contributed by atoms with Gasteiger partial charge in [-0.05, 0) is 38.6 Å². The van der Waals surface area contributed by atoms with Crippen LogP contribution in [0.1, 0.15) is 25.5 Å². The van der Waals surface area contributed by atoms with Gasteiger partial charge in [0.15, 0.2) is 11.5 Å². The van der Waals surface area contributed by atoms with Gasteiger partial charge in [0.2, 0.25) is 0 Å². The molecule has 1 heterocycles. The van der Waals surface area contributed by atoms with Crippen molar-refractivity contribution in [3.8, 4) is 11.5 Å². The van der Waals surface area contributed by atoms with Gasteiger partial charge >= 0.3 is 0 Å². The normalized spacial score (nSPS) is 15.5. The zero-order valence-electron chi connectivity index (χ0n) is 13.1. The Morgan fingerprint density at radius 3 is 2.67 bits per heavy atom. The summed E-state index contributed by atoms with van der Waals surface area (Å²) < 4.78 is 11.0. The average Bonchev–Trinajstić information content (AvgIpc) is 2.50. The van der Waals surface area contributed by atoms with Crippen LogP contribution in [0.25, 0.3) is 0 Å². The summed E-state index contributed by atoms with van der Waals surface area (Å²) in [6.07, 6.45) is -0.537. The molecular formula is C16H26N2O3. The highest BCUT2D eigenvalue weighted by Crippen LogP contribution is 2.32. The summed E-state index contributed by atoms with van der Waals surface area (Å²) in [6.45, 7) is 7.84. The second-order valence-corrected chi connectivity index (χ2v) is 5.70. The number of ether oxygens (including phenoxy) is 2. The molecule has 118 valence electrons. The van der Waals surface area contributed by atoms with Crippen LogP contribution in [-0.2, 0) is 0 Å². The highest BCUT2D eigenvalue weighted by molar-refractivity contribution is 5.44. The Morgan fingerprint density at radius 1 is 1.24 bits per heavy atom. The number of nitrogens with zero attached hydrogens (tertiary/aromatic N) is 1. The predicted octanol–water partition coefficient (Wildman–Crippen LogP) is 1.42. The molecule has 1 unspecified atom stereocenters. The van der Waals surface area contributed by atoms with Crippen molar-refractivity contribution in [2.45, 2.75) is 26.0 Å². The molecule has 0 saturated carbocycles. The Labute approximate surface area is 126 Å². The van der Waals surface area contributed by atoms with Gasteiger partial charge in [0.1, 0.15) is 13.2 Å². The van der Waals surface area contributed by atoms with Gasteiger partial charge in [-0.25, -0.2) is 0 Å². The molecule has 0 fully saturated rings. The van der Waals surface area contributed by atoms with Gasteiger partial charge in [-0.3, -0.25) is 0 Å². The van der Waals surface area contributed by atoms with E-state index in [1.54, 1.807) is 0 Å². The van der Waals surface area contributed by atoms with Crippen molar-refractivity contribution in [2.75, 3.05) is 39.9 Å². The Kier molecular flexibility index (Phi) is 5.85. The molecule has 0 bridgehead atoms. The number of hydrogen-bond donors (Lipinski definition) is 2. The quantitative estimate of drug-likeness (QED) is 0.745.